The number of amides is 1. The molecule has 4 rings (SSSR count). The molecule has 41 heavy (non-hydrogen) atoms. The highest BCUT2D eigenvalue weighted by Crippen LogP contribution is 2.36. The summed E-state index contributed by atoms with van der Waals surface area (Å²) in [7, 11) is 3.99. The molecule has 2 aromatic carbocycles. The highest BCUT2D eigenvalue weighted by molar-refractivity contribution is 6.40. The number of benzene rings is 2. The van der Waals surface area contributed by atoms with Gasteiger partial charge in [0.1, 0.15) is 17.1 Å². The quantitative estimate of drug-likeness (QED) is 0.223. The Morgan fingerprint density at radius 2 is 1.73 bits per heavy atom. The Bertz CT molecular complexity index is 1520. The first-order valence-corrected chi connectivity index (χ1v) is 14.5. The zero-order valence-electron chi connectivity index (χ0n) is 23.8. The maximum absolute atomic E-state index is 13.3. The van der Waals surface area contributed by atoms with Gasteiger partial charge in [0, 0.05) is 36.8 Å². The van der Waals surface area contributed by atoms with E-state index in [1.807, 2.05) is 59.1 Å². The van der Waals surface area contributed by atoms with Gasteiger partial charge in [0.2, 0.25) is 5.91 Å². The van der Waals surface area contributed by atoms with E-state index >= 15 is 0 Å². The number of aromatic nitrogens is 4. The monoisotopic (exact) mass is 617 g/mol. The molecule has 0 fully saturated rings. The number of fused-ring (bicyclic) bond motifs is 1. The first-order valence-electron chi connectivity index (χ1n) is 13.4. The van der Waals surface area contributed by atoms with Crippen LogP contribution in [0.5, 0.6) is 0 Å². The minimum atomic E-state index is -0.383. The van der Waals surface area contributed by atoms with Crippen LogP contribution in [0.25, 0.3) is 17.1 Å². The lowest BCUT2D eigenvalue weighted by Crippen LogP contribution is -2.40. The highest BCUT2D eigenvalue weighted by Gasteiger charge is 2.27. The number of anilines is 1. The highest BCUT2D eigenvalue weighted by atomic mass is 35.5. The molecule has 12 heteroatoms. The molecule has 0 saturated carbocycles. The van der Waals surface area contributed by atoms with Crippen LogP contribution >= 0.6 is 34.8 Å². The van der Waals surface area contributed by atoms with E-state index in [2.05, 4.69) is 20.3 Å². The summed E-state index contributed by atoms with van der Waals surface area (Å²) in [5, 5.41) is 7.48. The van der Waals surface area contributed by atoms with Crippen molar-refractivity contribution in [1.82, 2.24) is 30.0 Å². The van der Waals surface area contributed by atoms with Crippen LogP contribution in [0.1, 0.15) is 43.8 Å². The van der Waals surface area contributed by atoms with Crippen molar-refractivity contribution in [2.24, 2.45) is 0 Å². The number of carbonyl (C=O) groups is 1. The Labute approximate surface area is 254 Å². The molecule has 2 heterocycles. The van der Waals surface area contributed by atoms with Crippen molar-refractivity contribution in [2.75, 3.05) is 45.2 Å². The average molecular weight is 619 g/mol. The fourth-order valence-corrected chi connectivity index (χ4v) is 5.56. The van der Waals surface area contributed by atoms with E-state index in [1.54, 1.807) is 21.7 Å². The topological polar surface area (TPSA) is 99.1 Å². The van der Waals surface area contributed by atoms with E-state index < -0.39 is 0 Å². The number of likely N-dealkylation sites (N-methyl/N-ethyl adjacent to an activating group) is 2. The molecule has 0 unspecified atom stereocenters. The Morgan fingerprint density at radius 1 is 1.07 bits per heavy atom. The molecule has 1 amide bonds. The Hall–Kier alpha value is -2.95. The molecule has 2 aliphatic heterocycles. The van der Waals surface area contributed by atoms with E-state index in [-0.39, 0.29) is 23.9 Å². The van der Waals surface area contributed by atoms with Crippen LogP contribution in [0.3, 0.4) is 0 Å². The summed E-state index contributed by atoms with van der Waals surface area (Å²) in [5.41, 5.74) is 2.83. The molecule has 0 aliphatic carbocycles. The van der Waals surface area contributed by atoms with Gasteiger partial charge in [-0.1, -0.05) is 60.8 Å². The van der Waals surface area contributed by atoms with Gasteiger partial charge in [-0.3, -0.25) is 14.7 Å². The van der Waals surface area contributed by atoms with Crippen molar-refractivity contribution >= 4 is 46.4 Å². The molecule has 0 aromatic heterocycles. The van der Waals surface area contributed by atoms with Crippen molar-refractivity contribution in [1.29, 1.82) is 0 Å². The molecule has 0 saturated heterocycles. The van der Waals surface area contributed by atoms with Crippen LogP contribution < -0.4 is 15.8 Å². The fraction of sp³-hybridized carbons (Fsp3) is 0.379. The molecular weight excluding hydrogens is 585 g/mol. The maximum atomic E-state index is 13.3. The predicted octanol–water partition coefficient (Wildman–Crippen LogP) is 5.24. The summed E-state index contributed by atoms with van der Waals surface area (Å²) < 4.78 is 1.62. The second-order valence-electron chi connectivity index (χ2n) is 10.3. The third kappa shape index (κ3) is 7.10. The van der Waals surface area contributed by atoms with E-state index in [4.69, 9.17) is 39.8 Å². The van der Waals surface area contributed by atoms with Gasteiger partial charge in [-0.2, -0.15) is 4.98 Å². The number of nitrogens with one attached hydrogen (secondary N) is 2. The summed E-state index contributed by atoms with van der Waals surface area (Å²) >= 11 is 19.2. The van der Waals surface area contributed by atoms with E-state index in [9.17, 15) is 9.59 Å². The minimum Gasteiger partial charge on any atom is -0.312 e. The summed E-state index contributed by atoms with van der Waals surface area (Å²) in [6.45, 7) is 8.29. The second kappa shape index (κ2) is 13.4. The van der Waals surface area contributed by atoms with Crippen molar-refractivity contribution in [3.8, 4) is 17.1 Å². The molecule has 9 nitrogen and oxygen atoms in total. The van der Waals surface area contributed by atoms with E-state index in [0.717, 1.165) is 24.3 Å². The Balaban J connectivity index is 1.62. The fourth-order valence-electron chi connectivity index (χ4n) is 4.58. The van der Waals surface area contributed by atoms with Crippen LogP contribution in [-0.4, -0.2) is 70.8 Å². The van der Waals surface area contributed by atoms with Crippen LogP contribution in [0.4, 0.5) is 5.69 Å². The zero-order chi connectivity index (χ0) is 29.8. The standard InChI is InChI=1S/C29H34Cl3N7O2/c1-6-38(24(40)16-33-11-12-37(4)5)20-9-7-18(8-10-20)13-23-34-28-25(29(41)35-23)26(17(2)3)36-39(28)27-21(31)14-19(30)15-22(27)32/h7-10,14-15,17,33,36H,6,11-13,16H2,1-5H3. The van der Waals surface area contributed by atoms with Crippen LogP contribution in [-0.2, 0) is 11.2 Å². The average Bonchev–Trinajstić information content (AvgIpc) is 3.27. The number of carbonyl (C=O) groups excluding carboxylic acids is 1. The van der Waals surface area contributed by atoms with Gasteiger partial charge in [-0.05, 0) is 56.8 Å². The minimum absolute atomic E-state index is 0.00118. The summed E-state index contributed by atoms with van der Waals surface area (Å²) in [4.78, 5) is 38.9. The number of H-pyrrole nitrogens is 1. The lowest BCUT2D eigenvalue weighted by Gasteiger charge is -2.22. The molecule has 0 spiro atoms. The van der Waals surface area contributed by atoms with Gasteiger partial charge in [0.25, 0.3) is 5.56 Å². The normalized spacial score (nSPS) is 11.7. The third-order valence-electron chi connectivity index (χ3n) is 6.64. The summed E-state index contributed by atoms with van der Waals surface area (Å²) in [5.74, 6) is 0.732. The number of hydrogen-bond donors (Lipinski definition) is 2. The first-order chi connectivity index (χ1) is 19.5. The maximum Gasteiger partial charge on any atom is 0.284 e. The first kappa shape index (κ1) is 31.0. The second-order valence-corrected chi connectivity index (χ2v) is 11.6. The predicted molar refractivity (Wildman–Crippen MR) is 166 cm³/mol. The number of aromatic amines is 1. The van der Waals surface area contributed by atoms with Gasteiger partial charge >= 0.3 is 0 Å². The number of halogens is 3. The van der Waals surface area contributed by atoms with Gasteiger partial charge in [0.15, 0.2) is 5.82 Å². The molecule has 2 N–H and O–H groups in total. The zero-order valence-corrected chi connectivity index (χ0v) is 26.0. The SMILES string of the molecule is CCN(C(=O)CNCCN(C)C)c1ccc(Cc2nc3n(-c4c(Cl)cc(Cl)cc4Cl)[nH]c(C(C)C)c-3c(=O)n2)cc1. The number of nitrogens with zero attached hydrogens (tertiary/aromatic N) is 5. The van der Waals surface area contributed by atoms with Crippen molar-refractivity contribution in [3.63, 3.8) is 0 Å². The van der Waals surface area contributed by atoms with Crippen LogP contribution in [0.2, 0.25) is 15.1 Å². The summed E-state index contributed by atoms with van der Waals surface area (Å²) in [6, 6.07) is 10.8. The molecule has 0 atom stereocenters. The lowest BCUT2D eigenvalue weighted by atomic mass is 10.1. The van der Waals surface area contributed by atoms with Gasteiger partial charge in [0.05, 0.1) is 22.3 Å². The Kier molecular flexibility index (Phi) is 10.1. The van der Waals surface area contributed by atoms with E-state index in [1.165, 1.54) is 0 Å². The molecule has 2 aromatic rings. The number of rotatable bonds is 11. The van der Waals surface area contributed by atoms with Crippen molar-refractivity contribution in [3.05, 3.63) is 78.9 Å². The molecule has 218 valence electrons. The van der Waals surface area contributed by atoms with Gasteiger partial charge < -0.3 is 15.1 Å². The molecule has 2 aliphatic rings. The third-order valence-corrected chi connectivity index (χ3v) is 7.43. The van der Waals surface area contributed by atoms with E-state index in [0.29, 0.717) is 56.6 Å². The molecule has 0 bridgehead atoms. The van der Waals surface area contributed by atoms with Gasteiger partial charge in [-0.15, -0.1) is 0 Å². The largest absolute Gasteiger partial charge is 0.312 e. The van der Waals surface area contributed by atoms with Crippen molar-refractivity contribution < 1.29 is 4.79 Å². The smallest absolute Gasteiger partial charge is 0.284 e. The van der Waals surface area contributed by atoms with Crippen LogP contribution in [0, 0.1) is 0 Å². The molecular formula is C29H34Cl3N7O2. The Morgan fingerprint density at radius 3 is 2.32 bits per heavy atom. The van der Waals surface area contributed by atoms with Gasteiger partial charge in [-0.25, -0.2) is 9.67 Å². The van der Waals surface area contributed by atoms with Crippen LogP contribution in [0.15, 0.2) is 41.2 Å². The molecule has 0 radical (unpaired) electrons. The number of hydrogen-bond acceptors (Lipinski definition) is 6. The lowest BCUT2D eigenvalue weighted by molar-refractivity contribution is -0.117. The van der Waals surface area contributed by atoms with Crippen molar-refractivity contribution in [2.45, 2.75) is 33.1 Å². The summed E-state index contributed by atoms with van der Waals surface area (Å²) in [6.07, 6.45) is 0.321.